The summed E-state index contributed by atoms with van der Waals surface area (Å²) in [5.74, 6) is 0.373. The highest BCUT2D eigenvalue weighted by Crippen LogP contribution is 2.31. The Bertz CT molecular complexity index is 1290. The number of fused-ring (bicyclic) bond motifs is 2. The number of hydrogen-bond acceptors (Lipinski definition) is 4. The second-order valence-electron chi connectivity index (χ2n) is 8.00. The van der Waals surface area contributed by atoms with E-state index in [1.165, 1.54) is 0 Å². The van der Waals surface area contributed by atoms with Crippen LogP contribution in [0.15, 0.2) is 57.7 Å². The molecule has 0 saturated carbocycles. The van der Waals surface area contributed by atoms with Crippen molar-refractivity contribution in [1.29, 1.82) is 0 Å². The number of methoxy groups -OCH3 is 1. The van der Waals surface area contributed by atoms with Crippen LogP contribution < -0.4 is 15.6 Å². The molecule has 1 amide bonds. The fourth-order valence-electron chi connectivity index (χ4n) is 3.46. The van der Waals surface area contributed by atoms with E-state index in [-0.39, 0.29) is 22.6 Å². The third-order valence-corrected chi connectivity index (χ3v) is 4.86. The topological polar surface area (TPSA) is 84.3 Å². The molecule has 2 aromatic heterocycles. The molecule has 0 unspecified atom stereocenters. The summed E-state index contributed by atoms with van der Waals surface area (Å²) in [6.07, 6.45) is 0. The van der Waals surface area contributed by atoms with E-state index in [4.69, 9.17) is 9.15 Å². The highest BCUT2D eigenvalue weighted by Gasteiger charge is 2.19. The molecule has 2 heterocycles. The van der Waals surface area contributed by atoms with Crippen molar-refractivity contribution in [2.75, 3.05) is 12.4 Å². The minimum atomic E-state index is -0.378. The van der Waals surface area contributed by atoms with E-state index >= 15 is 0 Å². The van der Waals surface area contributed by atoms with E-state index in [9.17, 15) is 9.59 Å². The Hall–Kier alpha value is -3.54. The molecule has 4 rings (SSSR count). The number of H-pyrrole nitrogens is 1. The van der Waals surface area contributed by atoms with Crippen molar-refractivity contribution in [1.82, 2.24) is 4.98 Å². The summed E-state index contributed by atoms with van der Waals surface area (Å²) in [6.45, 7) is 6.19. The van der Waals surface area contributed by atoms with Gasteiger partial charge in [0.05, 0.1) is 12.6 Å². The molecule has 2 N–H and O–H groups in total. The summed E-state index contributed by atoms with van der Waals surface area (Å²) >= 11 is 0. The summed E-state index contributed by atoms with van der Waals surface area (Å²) < 4.78 is 11.0. The Labute approximate surface area is 167 Å². The summed E-state index contributed by atoms with van der Waals surface area (Å²) in [4.78, 5) is 27.6. The van der Waals surface area contributed by atoms with Crippen LogP contribution in [-0.4, -0.2) is 18.0 Å². The third kappa shape index (κ3) is 3.49. The lowest BCUT2D eigenvalue weighted by Gasteiger charge is -2.21. The van der Waals surface area contributed by atoms with E-state index in [0.717, 1.165) is 16.3 Å². The van der Waals surface area contributed by atoms with Gasteiger partial charge >= 0.3 is 0 Å². The quantitative estimate of drug-likeness (QED) is 0.525. The van der Waals surface area contributed by atoms with E-state index in [2.05, 4.69) is 31.1 Å². The molecule has 0 aliphatic rings. The van der Waals surface area contributed by atoms with Crippen LogP contribution in [0.5, 0.6) is 5.75 Å². The molecule has 0 radical (unpaired) electrons. The van der Waals surface area contributed by atoms with Gasteiger partial charge in [0.2, 0.25) is 5.56 Å². The summed E-state index contributed by atoms with van der Waals surface area (Å²) in [5.41, 5.74) is 2.37. The SMILES string of the molecule is COc1cccc2cc(C(=O)Nc3ccc4c(C(C)(C)C)cc(=O)[nH]c4c3)oc12. The predicted molar refractivity (Wildman–Crippen MR) is 114 cm³/mol. The van der Waals surface area contributed by atoms with Gasteiger partial charge in [-0.25, -0.2) is 0 Å². The maximum absolute atomic E-state index is 12.7. The second kappa shape index (κ2) is 6.81. The van der Waals surface area contributed by atoms with Crippen LogP contribution in [0.4, 0.5) is 5.69 Å². The normalized spacial score (nSPS) is 11.7. The van der Waals surface area contributed by atoms with Crippen LogP contribution in [0.3, 0.4) is 0 Å². The van der Waals surface area contributed by atoms with Crippen molar-refractivity contribution in [3.05, 3.63) is 70.2 Å². The van der Waals surface area contributed by atoms with E-state index < -0.39 is 0 Å². The van der Waals surface area contributed by atoms with E-state index in [1.807, 2.05) is 24.3 Å². The minimum absolute atomic E-state index is 0.171. The van der Waals surface area contributed by atoms with Crippen LogP contribution in [0.1, 0.15) is 36.9 Å². The van der Waals surface area contributed by atoms with Crippen molar-refractivity contribution < 1.29 is 13.9 Å². The lowest BCUT2D eigenvalue weighted by Crippen LogP contribution is -2.17. The fraction of sp³-hybridized carbons (Fsp3) is 0.217. The van der Waals surface area contributed by atoms with Gasteiger partial charge in [-0.3, -0.25) is 9.59 Å². The Morgan fingerprint density at radius 2 is 1.90 bits per heavy atom. The molecule has 6 nitrogen and oxygen atoms in total. The van der Waals surface area contributed by atoms with Crippen LogP contribution in [0, 0.1) is 0 Å². The number of benzene rings is 2. The number of amides is 1. The number of para-hydroxylation sites is 1. The number of pyridine rings is 1. The minimum Gasteiger partial charge on any atom is -0.493 e. The molecule has 29 heavy (non-hydrogen) atoms. The van der Waals surface area contributed by atoms with Gasteiger partial charge in [-0.15, -0.1) is 0 Å². The van der Waals surface area contributed by atoms with E-state index in [0.29, 0.717) is 22.5 Å². The van der Waals surface area contributed by atoms with Crippen LogP contribution >= 0.6 is 0 Å². The van der Waals surface area contributed by atoms with Gasteiger partial charge < -0.3 is 19.5 Å². The first-order valence-corrected chi connectivity index (χ1v) is 9.32. The Balaban J connectivity index is 1.69. The number of nitrogens with one attached hydrogen (secondary N) is 2. The first-order valence-electron chi connectivity index (χ1n) is 9.32. The lowest BCUT2D eigenvalue weighted by molar-refractivity contribution is 0.0998. The standard InChI is InChI=1S/C23H22N2O4/c1-23(2,3)16-12-20(26)25-17-11-14(8-9-15(16)17)24-22(27)19-10-13-6-5-7-18(28-4)21(13)29-19/h5-12H,1-4H3,(H,24,27)(H,25,26). The van der Waals surface area contributed by atoms with Gasteiger partial charge in [0.1, 0.15) is 0 Å². The zero-order chi connectivity index (χ0) is 20.8. The number of carbonyl (C=O) groups is 1. The largest absolute Gasteiger partial charge is 0.493 e. The molecule has 0 spiro atoms. The van der Waals surface area contributed by atoms with Gasteiger partial charge in [0.15, 0.2) is 17.1 Å². The molecule has 0 aliphatic heterocycles. The van der Waals surface area contributed by atoms with Crippen LogP contribution in [0.25, 0.3) is 21.9 Å². The number of carbonyl (C=O) groups excluding carboxylic acids is 1. The Morgan fingerprint density at radius 1 is 1.10 bits per heavy atom. The molecular formula is C23H22N2O4. The maximum atomic E-state index is 12.7. The molecule has 0 saturated heterocycles. The highest BCUT2D eigenvalue weighted by molar-refractivity contribution is 6.05. The number of aromatic amines is 1. The average molecular weight is 390 g/mol. The molecule has 4 aromatic rings. The van der Waals surface area contributed by atoms with E-state index in [1.54, 1.807) is 31.4 Å². The summed E-state index contributed by atoms with van der Waals surface area (Å²) in [6, 6.07) is 14.3. The van der Waals surface area contributed by atoms with Gasteiger partial charge in [-0.2, -0.15) is 0 Å². The number of anilines is 1. The molecule has 148 valence electrons. The number of aromatic nitrogens is 1. The fourth-order valence-corrected chi connectivity index (χ4v) is 3.46. The zero-order valence-electron chi connectivity index (χ0n) is 16.8. The summed E-state index contributed by atoms with van der Waals surface area (Å²) in [7, 11) is 1.55. The van der Waals surface area contributed by atoms with Crippen molar-refractivity contribution in [3.63, 3.8) is 0 Å². The molecule has 6 heteroatoms. The van der Waals surface area contributed by atoms with Crippen molar-refractivity contribution >= 4 is 33.5 Å². The number of ether oxygens (including phenoxy) is 1. The molecule has 0 bridgehead atoms. The second-order valence-corrected chi connectivity index (χ2v) is 8.00. The van der Waals surface area contributed by atoms with Gasteiger partial charge in [-0.05, 0) is 35.2 Å². The first kappa shape index (κ1) is 18.8. The van der Waals surface area contributed by atoms with Gasteiger partial charge in [-0.1, -0.05) is 39.0 Å². The molecule has 2 aromatic carbocycles. The van der Waals surface area contributed by atoms with Crippen molar-refractivity contribution in [2.45, 2.75) is 26.2 Å². The number of hydrogen-bond donors (Lipinski definition) is 2. The average Bonchev–Trinajstić information content (AvgIpc) is 3.11. The van der Waals surface area contributed by atoms with Gasteiger partial charge in [0, 0.05) is 22.5 Å². The summed E-state index contributed by atoms with van der Waals surface area (Å²) in [5, 5.41) is 4.56. The monoisotopic (exact) mass is 390 g/mol. The van der Waals surface area contributed by atoms with Crippen LogP contribution in [-0.2, 0) is 5.41 Å². The molecular weight excluding hydrogens is 368 g/mol. The smallest absolute Gasteiger partial charge is 0.291 e. The Kier molecular flexibility index (Phi) is 4.42. The third-order valence-electron chi connectivity index (χ3n) is 4.86. The zero-order valence-corrected chi connectivity index (χ0v) is 16.8. The van der Waals surface area contributed by atoms with Crippen molar-refractivity contribution in [3.8, 4) is 5.75 Å². The predicted octanol–water partition coefficient (Wildman–Crippen LogP) is 4.83. The lowest BCUT2D eigenvalue weighted by atomic mass is 9.85. The number of furan rings is 1. The maximum Gasteiger partial charge on any atom is 0.291 e. The molecule has 0 aliphatic carbocycles. The Morgan fingerprint density at radius 3 is 2.62 bits per heavy atom. The first-order chi connectivity index (χ1) is 13.8. The van der Waals surface area contributed by atoms with Crippen LogP contribution in [0.2, 0.25) is 0 Å². The highest BCUT2D eigenvalue weighted by atomic mass is 16.5. The molecule has 0 atom stereocenters. The van der Waals surface area contributed by atoms with Gasteiger partial charge in [0.25, 0.3) is 5.91 Å². The number of rotatable bonds is 3. The van der Waals surface area contributed by atoms with Crippen molar-refractivity contribution in [2.24, 2.45) is 0 Å². The molecule has 0 fully saturated rings.